The molecule has 0 bridgehead atoms. The minimum Gasteiger partial charge on any atom is -0.308 e. The van der Waals surface area contributed by atoms with Gasteiger partial charge in [0.2, 0.25) is 5.91 Å². The highest BCUT2D eigenvalue weighted by molar-refractivity contribution is 5.94. The Bertz CT molecular complexity index is 697. The van der Waals surface area contributed by atoms with Crippen LogP contribution in [0.15, 0.2) is 48.5 Å². The molecule has 0 aliphatic heterocycles. The number of benzene rings is 2. The number of anilines is 1. The van der Waals surface area contributed by atoms with E-state index in [0.29, 0.717) is 13.0 Å². The molecule has 2 heteroatoms. The Balaban J connectivity index is 2.40. The fourth-order valence-electron chi connectivity index (χ4n) is 2.49. The van der Waals surface area contributed by atoms with Gasteiger partial charge >= 0.3 is 0 Å². The van der Waals surface area contributed by atoms with E-state index in [4.69, 9.17) is 6.42 Å². The molecule has 1 amide bonds. The molecule has 0 aromatic heterocycles. The van der Waals surface area contributed by atoms with Crippen molar-refractivity contribution in [2.24, 2.45) is 0 Å². The molecule has 0 atom stereocenters. The van der Waals surface area contributed by atoms with Crippen molar-refractivity contribution in [3.05, 3.63) is 65.2 Å². The van der Waals surface area contributed by atoms with Crippen molar-refractivity contribution < 1.29 is 4.79 Å². The van der Waals surface area contributed by atoms with Gasteiger partial charge in [0.25, 0.3) is 0 Å². The Kier molecular flexibility index (Phi) is 5.38. The second kappa shape index (κ2) is 7.47. The highest BCUT2D eigenvalue weighted by Crippen LogP contribution is 2.24. The first kappa shape index (κ1) is 15.9. The minimum atomic E-state index is 0.128. The standard InChI is InChI=1S/C20H21NO/c1-4-10-20(22)21(19-14-9-6-11-16(19)3)15-18-13-8-7-12-17(18)5-2/h2,6-9,11-14H,4,10,15H2,1,3H3. The lowest BCUT2D eigenvalue weighted by Gasteiger charge is -2.25. The van der Waals surface area contributed by atoms with Crippen LogP contribution in [0.4, 0.5) is 5.69 Å². The van der Waals surface area contributed by atoms with Crippen molar-refractivity contribution in [2.75, 3.05) is 4.90 Å². The van der Waals surface area contributed by atoms with Crippen LogP contribution in [-0.2, 0) is 11.3 Å². The largest absolute Gasteiger partial charge is 0.308 e. The van der Waals surface area contributed by atoms with Gasteiger partial charge in [-0.1, -0.05) is 49.2 Å². The summed E-state index contributed by atoms with van der Waals surface area (Å²) in [4.78, 5) is 14.4. The molecule has 2 nitrogen and oxygen atoms in total. The molecule has 0 heterocycles. The Morgan fingerprint density at radius 1 is 1.14 bits per heavy atom. The SMILES string of the molecule is C#Cc1ccccc1CN(C(=O)CCC)c1ccccc1C. The van der Waals surface area contributed by atoms with Crippen LogP contribution < -0.4 is 4.90 Å². The number of carbonyl (C=O) groups is 1. The number of carbonyl (C=O) groups excluding carboxylic acids is 1. The third kappa shape index (κ3) is 3.56. The van der Waals surface area contributed by atoms with E-state index in [1.807, 2.05) is 67.3 Å². The third-order valence-corrected chi connectivity index (χ3v) is 3.67. The van der Waals surface area contributed by atoms with Gasteiger partial charge in [-0.25, -0.2) is 0 Å². The maximum absolute atomic E-state index is 12.6. The van der Waals surface area contributed by atoms with E-state index in [-0.39, 0.29) is 5.91 Å². The van der Waals surface area contributed by atoms with Gasteiger partial charge in [-0.3, -0.25) is 4.79 Å². The molecule has 0 saturated carbocycles. The first-order valence-electron chi connectivity index (χ1n) is 7.58. The van der Waals surface area contributed by atoms with Crippen molar-refractivity contribution in [1.29, 1.82) is 0 Å². The summed E-state index contributed by atoms with van der Waals surface area (Å²) in [5, 5.41) is 0. The normalized spacial score (nSPS) is 10.0. The number of terminal acetylenes is 1. The van der Waals surface area contributed by atoms with Gasteiger partial charge in [0.15, 0.2) is 0 Å². The maximum Gasteiger partial charge on any atom is 0.227 e. The number of amides is 1. The summed E-state index contributed by atoms with van der Waals surface area (Å²) in [6.07, 6.45) is 6.94. The average Bonchev–Trinajstić information content (AvgIpc) is 2.54. The van der Waals surface area contributed by atoms with Gasteiger partial charge in [-0.15, -0.1) is 6.42 Å². The topological polar surface area (TPSA) is 20.3 Å². The van der Waals surface area contributed by atoms with E-state index in [1.54, 1.807) is 0 Å². The smallest absolute Gasteiger partial charge is 0.227 e. The zero-order valence-corrected chi connectivity index (χ0v) is 13.2. The van der Waals surface area contributed by atoms with Crippen LogP contribution in [0.25, 0.3) is 0 Å². The lowest BCUT2D eigenvalue weighted by atomic mass is 10.1. The molecule has 0 N–H and O–H groups in total. The van der Waals surface area contributed by atoms with Crippen LogP contribution in [0.1, 0.15) is 36.5 Å². The van der Waals surface area contributed by atoms with Crippen LogP contribution >= 0.6 is 0 Å². The zero-order chi connectivity index (χ0) is 15.9. The monoisotopic (exact) mass is 291 g/mol. The van der Waals surface area contributed by atoms with Crippen molar-refractivity contribution in [3.63, 3.8) is 0 Å². The lowest BCUT2D eigenvalue weighted by Crippen LogP contribution is -2.31. The van der Waals surface area contributed by atoms with Crippen molar-refractivity contribution >= 4 is 11.6 Å². The number of hydrogen-bond acceptors (Lipinski definition) is 1. The van der Waals surface area contributed by atoms with Crippen LogP contribution in [0, 0.1) is 19.3 Å². The number of nitrogens with zero attached hydrogens (tertiary/aromatic N) is 1. The molecular weight excluding hydrogens is 270 g/mol. The Morgan fingerprint density at radius 2 is 1.82 bits per heavy atom. The van der Waals surface area contributed by atoms with Gasteiger partial charge in [-0.2, -0.15) is 0 Å². The molecule has 0 fully saturated rings. The Morgan fingerprint density at radius 3 is 2.50 bits per heavy atom. The van der Waals surface area contributed by atoms with E-state index < -0.39 is 0 Å². The highest BCUT2D eigenvalue weighted by atomic mass is 16.2. The van der Waals surface area contributed by atoms with Crippen LogP contribution in [-0.4, -0.2) is 5.91 Å². The van der Waals surface area contributed by atoms with E-state index in [2.05, 4.69) is 5.92 Å². The van der Waals surface area contributed by atoms with E-state index in [0.717, 1.165) is 28.8 Å². The van der Waals surface area contributed by atoms with Crippen LogP contribution in [0.2, 0.25) is 0 Å². The molecule has 0 saturated heterocycles. The molecule has 112 valence electrons. The highest BCUT2D eigenvalue weighted by Gasteiger charge is 2.18. The second-order valence-corrected chi connectivity index (χ2v) is 5.32. The summed E-state index contributed by atoms with van der Waals surface area (Å²) in [5.74, 6) is 2.83. The molecule has 2 aromatic carbocycles. The molecule has 0 radical (unpaired) electrons. The van der Waals surface area contributed by atoms with Crippen molar-refractivity contribution in [3.8, 4) is 12.3 Å². The predicted octanol–water partition coefficient (Wildman–Crippen LogP) is 4.31. The zero-order valence-electron chi connectivity index (χ0n) is 13.2. The average molecular weight is 291 g/mol. The molecule has 2 rings (SSSR count). The first-order chi connectivity index (χ1) is 10.7. The molecule has 0 unspecified atom stereocenters. The summed E-state index contributed by atoms with van der Waals surface area (Å²) in [7, 11) is 0. The number of rotatable bonds is 5. The van der Waals surface area contributed by atoms with Gasteiger partial charge in [-0.05, 0) is 36.6 Å². The van der Waals surface area contributed by atoms with Crippen LogP contribution in [0.3, 0.4) is 0 Å². The molecule has 0 spiro atoms. The predicted molar refractivity (Wildman–Crippen MR) is 91.7 cm³/mol. The molecule has 0 aliphatic carbocycles. The fourth-order valence-corrected chi connectivity index (χ4v) is 2.49. The maximum atomic E-state index is 12.6. The van der Waals surface area contributed by atoms with Crippen LogP contribution in [0.5, 0.6) is 0 Å². The lowest BCUT2D eigenvalue weighted by molar-refractivity contribution is -0.118. The minimum absolute atomic E-state index is 0.128. The van der Waals surface area contributed by atoms with Crippen molar-refractivity contribution in [2.45, 2.75) is 33.2 Å². The molecule has 22 heavy (non-hydrogen) atoms. The van der Waals surface area contributed by atoms with E-state index >= 15 is 0 Å². The van der Waals surface area contributed by atoms with Gasteiger partial charge in [0.1, 0.15) is 0 Å². The first-order valence-corrected chi connectivity index (χ1v) is 7.58. The Labute approximate surface area is 132 Å². The van der Waals surface area contributed by atoms with Gasteiger partial charge in [0, 0.05) is 17.7 Å². The fraction of sp³-hybridized carbons (Fsp3) is 0.250. The summed E-state index contributed by atoms with van der Waals surface area (Å²) in [6.45, 7) is 4.54. The quantitative estimate of drug-likeness (QED) is 0.752. The van der Waals surface area contributed by atoms with Crippen molar-refractivity contribution in [1.82, 2.24) is 0 Å². The molecule has 0 aliphatic rings. The van der Waals surface area contributed by atoms with E-state index in [1.165, 1.54) is 0 Å². The molecular formula is C20H21NO. The number of hydrogen-bond donors (Lipinski definition) is 0. The summed E-state index contributed by atoms with van der Waals surface area (Å²) < 4.78 is 0. The Hall–Kier alpha value is -2.53. The van der Waals surface area contributed by atoms with Gasteiger partial charge < -0.3 is 4.90 Å². The summed E-state index contributed by atoms with van der Waals surface area (Å²) in [5.41, 5.74) is 3.88. The third-order valence-electron chi connectivity index (χ3n) is 3.67. The molecule has 2 aromatic rings. The van der Waals surface area contributed by atoms with E-state index in [9.17, 15) is 4.79 Å². The summed E-state index contributed by atoms with van der Waals surface area (Å²) in [6, 6.07) is 15.7. The second-order valence-electron chi connectivity index (χ2n) is 5.32. The number of para-hydroxylation sites is 1. The summed E-state index contributed by atoms with van der Waals surface area (Å²) >= 11 is 0. The number of aryl methyl sites for hydroxylation is 1. The van der Waals surface area contributed by atoms with Gasteiger partial charge in [0.05, 0.1) is 6.54 Å².